The monoisotopic (exact) mass is 263 g/mol. The van der Waals surface area contributed by atoms with Crippen molar-refractivity contribution in [1.29, 1.82) is 0 Å². The lowest BCUT2D eigenvalue weighted by molar-refractivity contribution is 0.409. The van der Waals surface area contributed by atoms with Crippen LogP contribution in [0.25, 0.3) is 0 Å². The molecule has 102 valence electrons. The number of rotatable bonds is 5. The number of methoxy groups -OCH3 is 1. The van der Waals surface area contributed by atoms with Gasteiger partial charge in [-0.25, -0.2) is 4.39 Å². The van der Waals surface area contributed by atoms with Crippen molar-refractivity contribution >= 4 is 0 Å². The average Bonchev–Trinajstić information content (AvgIpc) is 2.82. The van der Waals surface area contributed by atoms with Gasteiger partial charge in [0.05, 0.1) is 18.8 Å². The van der Waals surface area contributed by atoms with Crippen LogP contribution in [-0.4, -0.2) is 23.4 Å². The number of aryl methyl sites for hydroxylation is 1. The molecule has 2 aromatic rings. The van der Waals surface area contributed by atoms with Gasteiger partial charge in [-0.2, -0.15) is 5.10 Å². The Morgan fingerprint density at radius 1 is 1.42 bits per heavy atom. The van der Waals surface area contributed by atoms with Gasteiger partial charge in [-0.05, 0) is 18.7 Å². The van der Waals surface area contributed by atoms with E-state index >= 15 is 0 Å². The molecular formula is C14H18FN3O. The van der Waals surface area contributed by atoms with Gasteiger partial charge in [-0.1, -0.05) is 13.0 Å². The highest BCUT2D eigenvalue weighted by molar-refractivity contribution is 5.34. The van der Waals surface area contributed by atoms with Gasteiger partial charge in [0.2, 0.25) is 0 Å². The van der Waals surface area contributed by atoms with E-state index in [4.69, 9.17) is 4.74 Å². The van der Waals surface area contributed by atoms with Crippen LogP contribution < -0.4 is 10.1 Å². The summed E-state index contributed by atoms with van der Waals surface area (Å²) in [5, 5.41) is 7.42. The molecule has 0 fully saturated rings. The summed E-state index contributed by atoms with van der Waals surface area (Å²) in [5.74, 6) is 0.230. The van der Waals surface area contributed by atoms with Crippen LogP contribution in [0, 0.1) is 5.82 Å². The molecular weight excluding hydrogens is 245 g/mol. The molecule has 0 saturated carbocycles. The van der Waals surface area contributed by atoms with Crippen LogP contribution in [0.4, 0.5) is 4.39 Å². The lowest BCUT2D eigenvalue weighted by atomic mass is 10.0. The van der Waals surface area contributed by atoms with Crippen LogP contribution in [0.2, 0.25) is 0 Å². The summed E-state index contributed by atoms with van der Waals surface area (Å²) in [6.45, 7) is 2.73. The molecule has 0 amide bonds. The number of nitrogens with zero attached hydrogens (tertiary/aromatic N) is 2. The summed E-state index contributed by atoms with van der Waals surface area (Å²) in [6, 6.07) is 6.57. The molecule has 1 heterocycles. The van der Waals surface area contributed by atoms with Crippen LogP contribution >= 0.6 is 0 Å². The van der Waals surface area contributed by atoms with Crippen molar-refractivity contribution in [2.75, 3.05) is 13.7 Å². The third kappa shape index (κ3) is 2.76. The molecule has 19 heavy (non-hydrogen) atoms. The summed E-state index contributed by atoms with van der Waals surface area (Å²) in [7, 11) is 3.37. The first kappa shape index (κ1) is 13.5. The number of ether oxygens (including phenoxy) is 1. The number of nitrogens with one attached hydrogen (secondary N) is 1. The van der Waals surface area contributed by atoms with Crippen molar-refractivity contribution in [3.8, 4) is 5.75 Å². The van der Waals surface area contributed by atoms with Gasteiger partial charge in [-0.3, -0.25) is 4.68 Å². The van der Waals surface area contributed by atoms with E-state index in [9.17, 15) is 4.39 Å². The fraction of sp³-hybridized carbons (Fsp3) is 0.357. The average molecular weight is 263 g/mol. The minimum Gasteiger partial charge on any atom is -0.497 e. The van der Waals surface area contributed by atoms with Crippen LogP contribution in [0.15, 0.2) is 30.5 Å². The molecule has 0 aliphatic heterocycles. The predicted molar refractivity (Wildman–Crippen MR) is 71.7 cm³/mol. The van der Waals surface area contributed by atoms with Gasteiger partial charge >= 0.3 is 0 Å². The zero-order valence-electron chi connectivity index (χ0n) is 11.4. The Balaban J connectivity index is 2.42. The minimum absolute atomic E-state index is 0.219. The Kier molecular flexibility index (Phi) is 4.16. The summed E-state index contributed by atoms with van der Waals surface area (Å²) in [4.78, 5) is 0. The van der Waals surface area contributed by atoms with Crippen molar-refractivity contribution in [2.24, 2.45) is 7.05 Å². The molecule has 4 nitrogen and oxygen atoms in total. The first-order valence-electron chi connectivity index (χ1n) is 6.22. The molecule has 1 aromatic carbocycles. The largest absolute Gasteiger partial charge is 0.497 e. The summed E-state index contributed by atoms with van der Waals surface area (Å²) in [6.07, 6.45) is 1.71. The number of hydrogen-bond donors (Lipinski definition) is 1. The SMILES string of the molecule is CCNC(c1ccc(OC)cc1F)c1ccnn1C. The summed E-state index contributed by atoms with van der Waals surface area (Å²) in [5.41, 5.74) is 1.51. The third-order valence-corrected chi connectivity index (χ3v) is 3.08. The Morgan fingerprint density at radius 2 is 2.21 bits per heavy atom. The Morgan fingerprint density at radius 3 is 2.74 bits per heavy atom. The topological polar surface area (TPSA) is 39.1 Å². The highest BCUT2D eigenvalue weighted by Gasteiger charge is 2.20. The highest BCUT2D eigenvalue weighted by atomic mass is 19.1. The number of halogens is 1. The molecule has 0 spiro atoms. The van der Waals surface area contributed by atoms with Crippen LogP contribution in [0.3, 0.4) is 0 Å². The second kappa shape index (κ2) is 5.84. The van der Waals surface area contributed by atoms with Gasteiger partial charge in [0, 0.05) is 24.9 Å². The lowest BCUT2D eigenvalue weighted by Gasteiger charge is -2.19. The first-order valence-corrected chi connectivity index (χ1v) is 6.22. The molecule has 0 radical (unpaired) electrons. The fourth-order valence-electron chi connectivity index (χ4n) is 2.11. The van der Waals surface area contributed by atoms with Crippen LogP contribution in [-0.2, 0) is 7.05 Å². The third-order valence-electron chi connectivity index (χ3n) is 3.08. The minimum atomic E-state index is -0.286. The Bertz CT molecular complexity index is 553. The molecule has 1 aromatic heterocycles. The van der Waals surface area contributed by atoms with Crippen molar-refractivity contribution in [1.82, 2.24) is 15.1 Å². The van der Waals surface area contributed by atoms with E-state index in [-0.39, 0.29) is 11.9 Å². The van der Waals surface area contributed by atoms with E-state index in [2.05, 4.69) is 10.4 Å². The van der Waals surface area contributed by atoms with Gasteiger partial charge < -0.3 is 10.1 Å². The van der Waals surface area contributed by atoms with E-state index in [0.29, 0.717) is 11.3 Å². The maximum atomic E-state index is 14.2. The van der Waals surface area contributed by atoms with Crippen molar-refractivity contribution < 1.29 is 9.13 Å². The van der Waals surface area contributed by atoms with Crippen LogP contribution in [0.5, 0.6) is 5.75 Å². The van der Waals surface area contributed by atoms with E-state index < -0.39 is 0 Å². The Hall–Kier alpha value is -1.88. The van der Waals surface area contributed by atoms with Crippen molar-refractivity contribution in [3.63, 3.8) is 0 Å². The maximum Gasteiger partial charge on any atom is 0.132 e. The highest BCUT2D eigenvalue weighted by Crippen LogP contribution is 2.26. The molecule has 0 aliphatic carbocycles. The standard InChI is InChI=1S/C14H18FN3O/c1-4-16-14(13-7-8-17-18(13)2)11-6-5-10(19-3)9-12(11)15/h5-9,14,16H,4H2,1-3H3. The van der Waals surface area contributed by atoms with Crippen molar-refractivity contribution in [2.45, 2.75) is 13.0 Å². The summed E-state index contributed by atoms with van der Waals surface area (Å²) < 4.78 is 21.0. The normalized spacial score (nSPS) is 12.4. The second-order valence-electron chi connectivity index (χ2n) is 4.26. The fourth-order valence-corrected chi connectivity index (χ4v) is 2.11. The molecule has 1 atom stereocenters. The first-order chi connectivity index (χ1) is 9.17. The van der Waals surface area contributed by atoms with Gasteiger partial charge in [-0.15, -0.1) is 0 Å². The second-order valence-corrected chi connectivity index (χ2v) is 4.26. The van der Waals surface area contributed by atoms with Gasteiger partial charge in [0.15, 0.2) is 0 Å². The number of aromatic nitrogens is 2. The smallest absolute Gasteiger partial charge is 0.132 e. The molecule has 2 rings (SSSR count). The molecule has 0 bridgehead atoms. The van der Waals surface area contributed by atoms with E-state index in [0.717, 1.165) is 12.2 Å². The molecule has 5 heteroatoms. The zero-order valence-corrected chi connectivity index (χ0v) is 11.4. The molecule has 1 N–H and O–H groups in total. The zero-order chi connectivity index (χ0) is 13.8. The van der Waals surface area contributed by atoms with Gasteiger partial charge in [0.1, 0.15) is 11.6 Å². The quantitative estimate of drug-likeness (QED) is 0.899. The van der Waals surface area contributed by atoms with Crippen molar-refractivity contribution in [3.05, 3.63) is 47.5 Å². The summed E-state index contributed by atoms with van der Waals surface area (Å²) >= 11 is 0. The number of benzene rings is 1. The molecule has 1 unspecified atom stereocenters. The maximum absolute atomic E-state index is 14.2. The van der Waals surface area contributed by atoms with Gasteiger partial charge in [0.25, 0.3) is 0 Å². The Labute approximate surface area is 112 Å². The van der Waals surface area contributed by atoms with E-state index in [1.807, 2.05) is 20.0 Å². The van der Waals surface area contributed by atoms with E-state index in [1.165, 1.54) is 13.2 Å². The lowest BCUT2D eigenvalue weighted by Crippen LogP contribution is -2.25. The predicted octanol–water partition coefficient (Wildman–Crippen LogP) is 2.27. The molecule has 0 saturated heterocycles. The number of hydrogen-bond acceptors (Lipinski definition) is 3. The van der Waals surface area contributed by atoms with Crippen LogP contribution in [0.1, 0.15) is 24.2 Å². The molecule has 0 aliphatic rings. The van der Waals surface area contributed by atoms with E-state index in [1.54, 1.807) is 23.0 Å².